The van der Waals surface area contributed by atoms with Crippen molar-refractivity contribution in [3.05, 3.63) is 35.5 Å². The first-order chi connectivity index (χ1) is 8.84. The number of hydrogen-bond acceptors (Lipinski definition) is 2. The molecule has 2 N–H and O–H groups in total. The highest BCUT2D eigenvalue weighted by atomic mass is 15.2. The van der Waals surface area contributed by atoms with Crippen molar-refractivity contribution in [2.75, 3.05) is 32.7 Å². The molecule has 3 rings (SSSR count). The molecular weight excluding hydrogens is 222 g/mol. The van der Waals surface area contributed by atoms with Crippen LogP contribution in [0.1, 0.15) is 11.3 Å². The van der Waals surface area contributed by atoms with Crippen LogP contribution >= 0.6 is 0 Å². The van der Waals surface area contributed by atoms with Gasteiger partial charge in [0.2, 0.25) is 0 Å². The zero-order chi connectivity index (χ0) is 12.4. The normalized spacial score (nSPS) is 17.4. The first kappa shape index (κ1) is 11.8. The Hall–Kier alpha value is -1.32. The molecule has 96 valence electrons. The van der Waals surface area contributed by atoms with Gasteiger partial charge in [-0.1, -0.05) is 18.2 Å². The molecule has 0 aliphatic carbocycles. The molecule has 0 spiro atoms. The Balaban J connectivity index is 1.72. The van der Waals surface area contributed by atoms with Crippen LogP contribution in [-0.4, -0.2) is 42.6 Å². The van der Waals surface area contributed by atoms with Crippen molar-refractivity contribution in [2.24, 2.45) is 0 Å². The van der Waals surface area contributed by atoms with Crippen LogP contribution in [0.25, 0.3) is 10.9 Å². The molecule has 1 aliphatic heterocycles. The number of nitrogens with one attached hydrogen (secondary N) is 2. The average molecular weight is 243 g/mol. The van der Waals surface area contributed by atoms with E-state index < -0.39 is 0 Å². The van der Waals surface area contributed by atoms with Crippen molar-refractivity contribution in [2.45, 2.75) is 13.3 Å². The van der Waals surface area contributed by atoms with Crippen LogP contribution in [-0.2, 0) is 6.42 Å². The molecule has 1 aromatic carbocycles. The van der Waals surface area contributed by atoms with Crippen molar-refractivity contribution in [3.63, 3.8) is 0 Å². The summed E-state index contributed by atoms with van der Waals surface area (Å²) in [5.41, 5.74) is 4.08. The van der Waals surface area contributed by atoms with Crippen molar-refractivity contribution < 1.29 is 0 Å². The van der Waals surface area contributed by atoms with E-state index in [-0.39, 0.29) is 0 Å². The Morgan fingerprint density at radius 2 is 1.94 bits per heavy atom. The van der Waals surface area contributed by atoms with Gasteiger partial charge in [0.25, 0.3) is 0 Å². The van der Waals surface area contributed by atoms with E-state index in [0.717, 1.165) is 26.1 Å². The lowest BCUT2D eigenvalue weighted by atomic mass is 10.1. The Morgan fingerprint density at radius 3 is 2.72 bits per heavy atom. The maximum absolute atomic E-state index is 3.56. The number of aryl methyl sites for hydroxylation is 1. The van der Waals surface area contributed by atoms with Gasteiger partial charge >= 0.3 is 0 Å². The van der Waals surface area contributed by atoms with Crippen LogP contribution in [0.5, 0.6) is 0 Å². The van der Waals surface area contributed by atoms with Gasteiger partial charge in [0.15, 0.2) is 0 Å². The molecule has 0 bridgehead atoms. The minimum absolute atomic E-state index is 1.13. The standard InChI is InChI=1S/C15H21N3/c1-12-13-4-2-3-5-15(13)17-14(12)6-9-18-10-7-16-8-11-18/h2-5,16-17H,6-11H2,1H3. The number of aromatic nitrogens is 1. The van der Waals surface area contributed by atoms with Crippen LogP contribution in [0, 0.1) is 6.92 Å². The quantitative estimate of drug-likeness (QED) is 0.863. The molecule has 1 aromatic heterocycles. The maximum atomic E-state index is 3.56. The Kier molecular flexibility index (Phi) is 3.35. The maximum Gasteiger partial charge on any atom is 0.0458 e. The third-order valence-corrected chi connectivity index (χ3v) is 3.96. The third-order valence-electron chi connectivity index (χ3n) is 3.96. The third kappa shape index (κ3) is 2.28. The molecule has 0 saturated carbocycles. The molecular formula is C15H21N3. The van der Waals surface area contributed by atoms with Crippen molar-refractivity contribution in [3.8, 4) is 0 Å². The lowest BCUT2D eigenvalue weighted by Gasteiger charge is -2.26. The Morgan fingerprint density at radius 1 is 1.17 bits per heavy atom. The van der Waals surface area contributed by atoms with E-state index >= 15 is 0 Å². The van der Waals surface area contributed by atoms with E-state index in [9.17, 15) is 0 Å². The summed E-state index contributed by atoms with van der Waals surface area (Å²) in [6.45, 7) is 8.01. The lowest BCUT2D eigenvalue weighted by Crippen LogP contribution is -2.44. The number of fused-ring (bicyclic) bond motifs is 1. The van der Waals surface area contributed by atoms with E-state index in [0.29, 0.717) is 0 Å². The summed E-state index contributed by atoms with van der Waals surface area (Å²) in [5.74, 6) is 0. The van der Waals surface area contributed by atoms with Gasteiger partial charge in [-0.25, -0.2) is 0 Å². The number of piperazine rings is 1. The van der Waals surface area contributed by atoms with Crippen molar-refractivity contribution in [1.82, 2.24) is 15.2 Å². The summed E-state index contributed by atoms with van der Waals surface area (Å²) in [4.78, 5) is 6.10. The minimum Gasteiger partial charge on any atom is -0.358 e. The highest BCUT2D eigenvalue weighted by Crippen LogP contribution is 2.21. The molecule has 2 aromatic rings. The number of hydrogen-bond donors (Lipinski definition) is 2. The van der Waals surface area contributed by atoms with E-state index in [1.165, 1.54) is 35.2 Å². The van der Waals surface area contributed by atoms with Gasteiger partial charge in [-0.05, 0) is 18.6 Å². The first-order valence-corrected chi connectivity index (χ1v) is 6.84. The topological polar surface area (TPSA) is 31.1 Å². The molecule has 0 radical (unpaired) electrons. The van der Waals surface area contributed by atoms with Gasteiger partial charge in [-0.3, -0.25) is 0 Å². The smallest absolute Gasteiger partial charge is 0.0458 e. The molecule has 0 unspecified atom stereocenters. The summed E-state index contributed by atoms with van der Waals surface area (Å²) in [6, 6.07) is 8.58. The highest BCUT2D eigenvalue weighted by molar-refractivity contribution is 5.84. The van der Waals surface area contributed by atoms with Crippen molar-refractivity contribution in [1.29, 1.82) is 0 Å². The van der Waals surface area contributed by atoms with Gasteiger partial charge in [-0.15, -0.1) is 0 Å². The summed E-state index contributed by atoms with van der Waals surface area (Å²) >= 11 is 0. The van der Waals surface area contributed by atoms with Gasteiger partial charge < -0.3 is 15.2 Å². The zero-order valence-electron chi connectivity index (χ0n) is 11.0. The molecule has 0 amide bonds. The number of aromatic amines is 1. The Bertz CT molecular complexity index is 524. The predicted octanol–water partition coefficient (Wildman–Crippen LogP) is 1.92. The first-order valence-electron chi connectivity index (χ1n) is 6.84. The monoisotopic (exact) mass is 243 g/mol. The van der Waals surface area contributed by atoms with Gasteiger partial charge in [0, 0.05) is 55.7 Å². The Labute approximate surface area is 108 Å². The second kappa shape index (κ2) is 5.12. The summed E-state index contributed by atoms with van der Waals surface area (Å²) in [6.07, 6.45) is 1.13. The summed E-state index contributed by atoms with van der Waals surface area (Å²) < 4.78 is 0. The van der Waals surface area contributed by atoms with Gasteiger partial charge in [0.05, 0.1) is 0 Å². The zero-order valence-corrected chi connectivity index (χ0v) is 11.0. The highest BCUT2D eigenvalue weighted by Gasteiger charge is 2.11. The fourth-order valence-electron chi connectivity index (χ4n) is 2.79. The lowest BCUT2D eigenvalue weighted by molar-refractivity contribution is 0.243. The molecule has 3 nitrogen and oxygen atoms in total. The van der Waals surface area contributed by atoms with Crippen LogP contribution in [0.15, 0.2) is 24.3 Å². The van der Waals surface area contributed by atoms with E-state index in [1.54, 1.807) is 0 Å². The molecule has 1 fully saturated rings. The summed E-state index contributed by atoms with van der Waals surface area (Å²) in [5, 5.41) is 4.76. The van der Waals surface area contributed by atoms with E-state index in [1.807, 2.05) is 0 Å². The average Bonchev–Trinajstić information content (AvgIpc) is 2.75. The number of H-pyrrole nitrogens is 1. The fourth-order valence-corrected chi connectivity index (χ4v) is 2.79. The second-order valence-electron chi connectivity index (χ2n) is 5.12. The second-order valence-corrected chi connectivity index (χ2v) is 5.12. The van der Waals surface area contributed by atoms with Gasteiger partial charge in [0.1, 0.15) is 0 Å². The van der Waals surface area contributed by atoms with Gasteiger partial charge in [-0.2, -0.15) is 0 Å². The van der Waals surface area contributed by atoms with Crippen LogP contribution in [0.4, 0.5) is 0 Å². The van der Waals surface area contributed by atoms with Crippen LogP contribution in [0.2, 0.25) is 0 Å². The number of nitrogens with zero attached hydrogens (tertiary/aromatic N) is 1. The molecule has 2 heterocycles. The number of rotatable bonds is 3. The summed E-state index contributed by atoms with van der Waals surface area (Å²) in [7, 11) is 0. The molecule has 3 heteroatoms. The molecule has 0 atom stereocenters. The molecule has 1 aliphatic rings. The fraction of sp³-hybridized carbons (Fsp3) is 0.467. The van der Waals surface area contributed by atoms with Crippen molar-refractivity contribution >= 4 is 10.9 Å². The molecule has 1 saturated heterocycles. The number of para-hydroxylation sites is 1. The van der Waals surface area contributed by atoms with E-state index in [4.69, 9.17) is 0 Å². The minimum atomic E-state index is 1.13. The molecule has 18 heavy (non-hydrogen) atoms. The largest absolute Gasteiger partial charge is 0.358 e. The number of benzene rings is 1. The van der Waals surface area contributed by atoms with Crippen LogP contribution in [0.3, 0.4) is 0 Å². The SMILES string of the molecule is Cc1c(CCN2CCNCC2)[nH]c2ccccc12. The predicted molar refractivity (Wildman–Crippen MR) is 76.0 cm³/mol. The van der Waals surface area contributed by atoms with Crippen LogP contribution < -0.4 is 5.32 Å². The van der Waals surface area contributed by atoms with E-state index in [2.05, 4.69) is 46.4 Å².